The lowest BCUT2D eigenvalue weighted by molar-refractivity contribution is -0.184. The van der Waals surface area contributed by atoms with Gasteiger partial charge in [-0.15, -0.1) is 0 Å². The molecule has 3 aliphatic carbocycles. The summed E-state index contributed by atoms with van der Waals surface area (Å²) in [6, 6.07) is 0. The van der Waals surface area contributed by atoms with E-state index in [4.69, 9.17) is 4.74 Å². The van der Waals surface area contributed by atoms with Crippen molar-refractivity contribution in [3.63, 3.8) is 0 Å². The van der Waals surface area contributed by atoms with Crippen molar-refractivity contribution in [3.8, 4) is 0 Å². The molecule has 0 saturated heterocycles. The Labute approximate surface area is 146 Å². The topological polar surface area (TPSA) is 43.4 Å². The Hall–Kier alpha value is -1.12. The first kappa shape index (κ1) is 17.7. The van der Waals surface area contributed by atoms with Gasteiger partial charge in [0.05, 0.1) is 0 Å². The molecule has 2 fully saturated rings. The highest BCUT2D eigenvalue weighted by molar-refractivity contribution is 5.91. The first-order valence-corrected chi connectivity index (χ1v) is 9.58. The molecule has 0 aromatic carbocycles. The van der Waals surface area contributed by atoms with Crippen LogP contribution < -0.4 is 0 Å². The van der Waals surface area contributed by atoms with Gasteiger partial charge >= 0.3 is 5.97 Å². The third-order valence-electron chi connectivity index (χ3n) is 7.78. The summed E-state index contributed by atoms with van der Waals surface area (Å²) in [5, 5.41) is 0. The molecule has 0 amide bonds. The van der Waals surface area contributed by atoms with Gasteiger partial charge in [-0.2, -0.15) is 0 Å². The molecule has 0 aromatic rings. The summed E-state index contributed by atoms with van der Waals surface area (Å²) in [6.45, 7) is 10.4. The average Bonchev–Trinajstić information content (AvgIpc) is 2.48. The number of hydrogen-bond donors (Lipinski definition) is 0. The Morgan fingerprint density at radius 3 is 2.58 bits per heavy atom. The molecule has 2 saturated carbocycles. The number of ether oxygens (including phenoxy) is 1. The van der Waals surface area contributed by atoms with Crippen molar-refractivity contribution < 1.29 is 14.3 Å². The zero-order chi connectivity index (χ0) is 17.7. The molecule has 3 aliphatic rings. The Morgan fingerprint density at radius 1 is 1.21 bits per heavy atom. The molecule has 0 N–H and O–H groups in total. The lowest BCUT2D eigenvalue weighted by Gasteiger charge is -2.58. The van der Waals surface area contributed by atoms with Crippen molar-refractivity contribution in [2.45, 2.75) is 78.7 Å². The van der Waals surface area contributed by atoms with Gasteiger partial charge in [-0.25, -0.2) is 0 Å². The monoisotopic (exact) mass is 332 g/mol. The van der Waals surface area contributed by atoms with E-state index in [0.29, 0.717) is 29.5 Å². The highest BCUT2D eigenvalue weighted by Gasteiger charge is 2.55. The Balaban J connectivity index is 1.84. The lowest BCUT2D eigenvalue weighted by atomic mass is 9.49. The number of carbonyl (C=O) groups excluding carboxylic acids is 2. The number of allylic oxidation sites excluding steroid dienone is 2. The summed E-state index contributed by atoms with van der Waals surface area (Å²) >= 11 is 0. The van der Waals surface area contributed by atoms with Crippen LogP contribution in [0.4, 0.5) is 0 Å². The largest absolute Gasteiger partial charge is 0.459 e. The maximum atomic E-state index is 11.8. The Bertz CT molecular complexity index is 574. The van der Waals surface area contributed by atoms with Gasteiger partial charge in [-0.1, -0.05) is 19.4 Å². The molecule has 0 bridgehead atoms. The fourth-order valence-corrected chi connectivity index (χ4v) is 5.99. The first-order valence-electron chi connectivity index (χ1n) is 9.58. The predicted octanol–water partition coefficient (Wildman–Crippen LogP) is 4.70. The van der Waals surface area contributed by atoms with Crippen LogP contribution in [0.5, 0.6) is 0 Å². The third kappa shape index (κ3) is 2.74. The van der Waals surface area contributed by atoms with Crippen LogP contribution in [0.1, 0.15) is 73.1 Å². The molecule has 0 aliphatic heterocycles. The number of rotatable bonds is 2. The standard InChI is InChI=1S/C21H32O3/c1-13-17-8-6-15-12-16(23)7-9-18(15)19(17)10-11-21(13,5)20(3,4)24-14(2)22/h12-13,17-19H,6-11H2,1-5H3/t13?,17-,18-,19-,21-/m0/s1. The molecule has 0 spiro atoms. The molecule has 24 heavy (non-hydrogen) atoms. The van der Waals surface area contributed by atoms with Crippen LogP contribution >= 0.6 is 0 Å². The van der Waals surface area contributed by atoms with Gasteiger partial charge in [0.25, 0.3) is 0 Å². The van der Waals surface area contributed by atoms with E-state index in [-0.39, 0.29) is 11.4 Å². The van der Waals surface area contributed by atoms with E-state index in [0.717, 1.165) is 25.7 Å². The molecule has 0 radical (unpaired) electrons. The van der Waals surface area contributed by atoms with Gasteiger partial charge in [-0.3, -0.25) is 9.59 Å². The third-order valence-corrected chi connectivity index (χ3v) is 7.78. The van der Waals surface area contributed by atoms with Crippen molar-refractivity contribution in [2.75, 3.05) is 0 Å². The van der Waals surface area contributed by atoms with Crippen LogP contribution in [-0.4, -0.2) is 17.4 Å². The molecule has 1 unspecified atom stereocenters. The van der Waals surface area contributed by atoms with Crippen LogP contribution in [0, 0.1) is 29.1 Å². The summed E-state index contributed by atoms with van der Waals surface area (Å²) in [7, 11) is 0. The molecule has 3 nitrogen and oxygen atoms in total. The Morgan fingerprint density at radius 2 is 1.92 bits per heavy atom. The quantitative estimate of drug-likeness (QED) is 0.689. The lowest BCUT2D eigenvalue weighted by Crippen LogP contribution is -2.55. The number of carbonyl (C=O) groups is 2. The van der Waals surface area contributed by atoms with Crippen molar-refractivity contribution in [1.29, 1.82) is 0 Å². The second-order valence-electron chi connectivity index (χ2n) is 9.05. The van der Waals surface area contributed by atoms with E-state index in [9.17, 15) is 9.59 Å². The minimum absolute atomic E-state index is 0.00550. The first-order chi connectivity index (χ1) is 11.2. The second-order valence-corrected chi connectivity index (χ2v) is 9.05. The van der Waals surface area contributed by atoms with E-state index in [1.54, 1.807) is 0 Å². The fourth-order valence-electron chi connectivity index (χ4n) is 5.99. The normalized spacial score (nSPS) is 39.5. The van der Waals surface area contributed by atoms with Crippen LogP contribution in [0.2, 0.25) is 0 Å². The zero-order valence-electron chi connectivity index (χ0n) is 15.9. The maximum Gasteiger partial charge on any atom is 0.303 e. The van der Waals surface area contributed by atoms with E-state index in [2.05, 4.69) is 27.7 Å². The van der Waals surface area contributed by atoms with Crippen LogP contribution in [0.25, 0.3) is 0 Å². The summed E-state index contributed by atoms with van der Waals surface area (Å²) in [5.74, 6) is 2.65. The molecule has 3 heteroatoms. The van der Waals surface area contributed by atoms with Crippen molar-refractivity contribution >= 4 is 11.8 Å². The highest BCUT2D eigenvalue weighted by Crippen LogP contribution is 2.59. The van der Waals surface area contributed by atoms with Crippen molar-refractivity contribution in [3.05, 3.63) is 11.6 Å². The number of ketones is 1. The van der Waals surface area contributed by atoms with Crippen LogP contribution in [0.3, 0.4) is 0 Å². The average molecular weight is 332 g/mol. The van der Waals surface area contributed by atoms with E-state index < -0.39 is 5.60 Å². The van der Waals surface area contributed by atoms with Gasteiger partial charge in [-0.05, 0) is 75.7 Å². The summed E-state index contributed by atoms with van der Waals surface area (Å²) in [4.78, 5) is 23.3. The van der Waals surface area contributed by atoms with Crippen molar-refractivity contribution in [2.24, 2.45) is 29.1 Å². The minimum Gasteiger partial charge on any atom is -0.459 e. The summed E-state index contributed by atoms with van der Waals surface area (Å²) in [5.41, 5.74) is 0.982. The molecule has 0 aromatic heterocycles. The number of fused-ring (bicyclic) bond motifs is 3. The highest BCUT2D eigenvalue weighted by atomic mass is 16.6. The number of esters is 1. The summed E-state index contributed by atoms with van der Waals surface area (Å²) < 4.78 is 5.76. The second kappa shape index (κ2) is 6.00. The molecular weight excluding hydrogens is 300 g/mol. The van der Waals surface area contributed by atoms with E-state index in [1.807, 2.05) is 6.08 Å². The van der Waals surface area contributed by atoms with Gasteiger partial charge in [0, 0.05) is 18.8 Å². The van der Waals surface area contributed by atoms with Crippen molar-refractivity contribution in [1.82, 2.24) is 0 Å². The minimum atomic E-state index is -0.443. The molecular formula is C21H32O3. The SMILES string of the molecule is CC(=O)OC(C)(C)[C@@]1(C)CC[C@@H]2[C@H]3CCC(=O)C=C3CC[C@H]2C1C. The van der Waals surface area contributed by atoms with Gasteiger partial charge in [0.15, 0.2) is 5.78 Å². The van der Waals surface area contributed by atoms with Gasteiger partial charge < -0.3 is 4.74 Å². The Kier molecular flexibility index (Phi) is 4.42. The summed E-state index contributed by atoms with van der Waals surface area (Å²) in [6.07, 6.45) is 8.25. The van der Waals surface area contributed by atoms with Crippen LogP contribution in [-0.2, 0) is 14.3 Å². The van der Waals surface area contributed by atoms with Gasteiger partial charge in [0.1, 0.15) is 5.60 Å². The smallest absolute Gasteiger partial charge is 0.303 e. The fraction of sp³-hybridized carbons (Fsp3) is 0.810. The molecule has 134 valence electrons. The molecule has 5 atom stereocenters. The molecule has 3 rings (SSSR count). The number of hydrogen-bond acceptors (Lipinski definition) is 3. The zero-order valence-corrected chi connectivity index (χ0v) is 15.9. The maximum absolute atomic E-state index is 11.8. The van der Waals surface area contributed by atoms with Crippen LogP contribution in [0.15, 0.2) is 11.6 Å². The predicted molar refractivity (Wildman–Crippen MR) is 94.4 cm³/mol. The van der Waals surface area contributed by atoms with E-state index in [1.165, 1.54) is 25.3 Å². The van der Waals surface area contributed by atoms with E-state index >= 15 is 0 Å². The van der Waals surface area contributed by atoms with Gasteiger partial charge in [0.2, 0.25) is 0 Å². The molecule has 0 heterocycles.